The van der Waals surface area contributed by atoms with E-state index < -0.39 is 13.0 Å². The molecule has 2 aliphatic heterocycles. The van der Waals surface area contributed by atoms with Crippen molar-refractivity contribution in [2.45, 2.75) is 38.8 Å². The van der Waals surface area contributed by atoms with E-state index in [0.29, 0.717) is 25.0 Å². The van der Waals surface area contributed by atoms with E-state index in [4.69, 9.17) is 38.5 Å². The van der Waals surface area contributed by atoms with Crippen LogP contribution in [0.25, 0.3) is 0 Å². The van der Waals surface area contributed by atoms with E-state index in [-0.39, 0.29) is 11.1 Å². The second-order valence-corrected chi connectivity index (χ2v) is 14.1. The van der Waals surface area contributed by atoms with Crippen LogP contribution in [-0.2, 0) is 22.5 Å². The zero-order valence-electron chi connectivity index (χ0n) is 13.8. The van der Waals surface area contributed by atoms with Gasteiger partial charge in [-0.3, -0.25) is 0 Å². The fraction of sp³-hybridized carbons (Fsp3) is 0.533. The molecular formula is C15H19Cl3N3O2Rh. The summed E-state index contributed by atoms with van der Waals surface area (Å²) in [6, 6.07) is 5.71. The number of nitrogens with zero attached hydrogens (tertiary/aromatic N) is 3. The Morgan fingerprint density at radius 2 is 1.25 bits per heavy atom. The molecule has 1 aromatic heterocycles. The van der Waals surface area contributed by atoms with Crippen LogP contribution in [0.4, 0.5) is 0 Å². The first-order valence-corrected chi connectivity index (χ1v) is 13.5. The maximum atomic E-state index is 5.62. The van der Waals surface area contributed by atoms with Crippen molar-refractivity contribution in [2.75, 3.05) is 13.2 Å². The molecule has 9 heteroatoms. The van der Waals surface area contributed by atoms with E-state index in [1.807, 2.05) is 45.9 Å². The van der Waals surface area contributed by atoms with Crippen LogP contribution in [0.1, 0.15) is 39.1 Å². The number of halogens is 3. The molecule has 0 atom stereocenters. The molecule has 0 spiro atoms. The molecule has 3 rings (SSSR count). The Balaban J connectivity index is 0.000000471. The van der Waals surface area contributed by atoms with Crippen molar-refractivity contribution in [3.05, 3.63) is 29.6 Å². The van der Waals surface area contributed by atoms with Crippen molar-refractivity contribution < 1.29 is 22.5 Å². The number of hydrogen-bond donors (Lipinski definition) is 0. The van der Waals surface area contributed by atoms with Gasteiger partial charge in [0, 0.05) is 0 Å². The quantitative estimate of drug-likeness (QED) is 0.592. The molecule has 0 saturated carbocycles. The molecule has 0 saturated heterocycles. The Bertz CT molecular complexity index is 611. The summed E-state index contributed by atoms with van der Waals surface area (Å²) in [5.41, 5.74) is 1.08. The molecule has 24 heavy (non-hydrogen) atoms. The molecule has 0 fully saturated rings. The van der Waals surface area contributed by atoms with Gasteiger partial charge >= 0.3 is 42.1 Å². The Morgan fingerprint density at radius 1 is 0.875 bits per heavy atom. The van der Waals surface area contributed by atoms with Crippen LogP contribution in [0.5, 0.6) is 0 Å². The SMILES string of the molecule is CC1(C)COC(c2cccc(C3=NC(C)(C)CO3)n2)=N1.[Cl][Rh]([Cl])[Cl]. The van der Waals surface area contributed by atoms with Crippen molar-refractivity contribution in [1.29, 1.82) is 0 Å². The third-order valence-corrected chi connectivity index (χ3v) is 3.12. The van der Waals surface area contributed by atoms with Crippen LogP contribution < -0.4 is 0 Å². The summed E-state index contributed by atoms with van der Waals surface area (Å²) in [5, 5.41) is 0. The molecule has 0 radical (unpaired) electrons. The van der Waals surface area contributed by atoms with Crippen LogP contribution in [0.15, 0.2) is 28.2 Å². The molecule has 3 heterocycles. The van der Waals surface area contributed by atoms with E-state index in [1.165, 1.54) is 0 Å². The molecule has 0 unspecified atom stereocenters. The summed E-state index contributed by atoms with van der Waals surface area (Å²) in [6.07, 6.45) is 0. The predicted molar refractivity (Wildman–Crippen MR) is 94.9 cm³/mol. The van der Waals surface area contributed by atoms with Crippen LogP contribution in [0.2, 0.25) is 0 Å². The van der Waals surface area contributed by atoms with Crippen molar-refractivity contribution in [3.8, 4) is 0 Å². The van der Waals surface area contributed by atoms with Crippen LogP contribution in [0.3, 0.4) is 0 Å². The minimum absolute atomic E-state index is 0.184. The van der Waals surface area contributed by atoms with Gasteiger partial charge in [0.05, 0.1) is 11.1 Å². The Labute approximate surface area is 159 Å². The van der Waals surface area contributed by atoms with Gasteiger partial charge in [0.2, 0.25) is 11.8 Å². The van der Waals surface area contributed by atoms with E-state index in [1.54, 1.807) is 0 Å². The van der Waals surface area contributed by atoms with Gasteiger partial charge in [0.25, 0.3) is 0 Å². The fourth-order valence-electron chi connectivity index (χ4n) is 2.10. The molecule has 0 aliphatic carbocycles. The van der Waals surface area contributed by atoms with Crippen LogP contribution in [0, 0.1) is 0 Å². The third-order valence-electron chi connectivity index (χ3n) is 3.12. The van der Waals surface area contributed by atoms with Crippen LogP contribution >= 0.6 is 29.1 Å². The predicted octanol–water partition coefficient (Wildman–Crippen LogP) is 4.26. The first-order valence-electron chi connectivity index (χ1n) is 7.16. The summed E-state index contributed by atoms with van der Waals surface area (Å²) >= 11 is -1.66. The second kappa shape index (κ2) is 7.86. The standard InChI is InChI=1S/C15H19N3O2.3ClH.Rh/c1-14(2)8-19-12(17-14)10-6-5-7-11(16-10)13-18-15(3,4)9-20-13;;;;/h5-7H,8-9H2,1-4H3;3*1H;/q;;;;+3/p-3. The molecule has 0 bridgehead atoms. The Kier molecular flexibility index (Phi) is 6.52. The summed E-state index contributed by atoms with van der Waals surface area (Å²) < 4.78 is 11.2. The molecule has 0 aromatic carbocycles. The number of aliphatic imine (C=N–C) groups is 2. The molecule has 1 aromatic rings. The van der Waals surface area contributed by atoms with Crippen molar-refractivity contribution >= 4 is 40.9 Å². The van der Waals surface area contributed by atoms with Gasteiger partial charge in [-0.1, -0.05) is 6.07 Å². The number of ether oxygens (including phenoxy) is 2. The first-order chi connectivity index (χ1) is 11.1. The fourth-order valence-corrected chi connectivity index (χ4v) is 2.10. The van der Waals surface area contributed by atoms with E-state index in [9.17, 15) is 0 Å². The summed E-state index contributed by atoms with van der Waals surface area (Å²) in [7, 11) is 14.8. The van der Waals surface area contributed by atoms with Crippen molar-refractivity contribution in [3.63, 3.8) is 0 Å². The van der Waals surface area contributed by atoms with Gasteiger partial charge in [0.1, 0.15) is 24.6 Å². The summed E-state index contributed by atoms with van der Waals surface area (Å²) in [4.78, 5) is 13.6. The number of pyridine rings is 1. The molecule has 0 N–H and O–H groups in total. The average Bonchev–Trinajstić information content (AvgIpc) is 3.01. The first kappa shape index (κ1) is 19.9. The normalized spacial score (nSPS) is 20.9. The van der Waals surface area contributed by atoms with Gasteiger partial charge < -0.3 is 9.47 Å². The minimum atomic E-state index is -1.66. The van der Waals surface area contributed by atoms with Gasteiger partial charge in [-0.25, -0.2) is 15.0 Å². The van der Waals surface area contributed by atoms with Gasteiger partial charge in [0.15, 0.2) is 0 Å². The van der Waals surface area contributed by atoms with Crippen molar-refractivity contribution in [2.24, 2.45) is 9.98 Å². The maximum absolute atomic E-state index is 5.62. The zero-order valence-corrected chi connectivity index (χ0v) is 17.7. The van der Waals surface area contributed by atoms with Crippen LogP contribution in [-0.4, -0.2) is 41.1 Å². The molecule has 0 amide bonds. The second-order valence-electron chi connectivity index (χ2n) is 6.59. The van der Waals surface area contributed by atoms with E-state index >= 15 is 0 Å². The topological polar surface area (TPSA) is 56.1 Å². The molecule has 136 valence electrons. The van der Waals surface area contributed by atoms with Gasteiger partial charge in [-0.2, -0.15) is 0 Å². The van der Waals surface area contributed by atoms with Crippen molar-refractivity contribution in [1.82, 2.24) is 4.98 Å². The summed E-state index contributed by atoms with van der Waals surface area (Å²) in [6.45, 7) is 9.32. The molecular weight excluding hydrogens is 463 g/mol. The Morgan fingerprint density at radius 3 is 1.54 bits per heavy atom. The molecule has 2 aliphatic rings. The number of hydrogen-bond acceptors (Lipinski definition) is 5. The Hall–Kier alpha value is -0.417. The van der Waals surface area contributed by atoms with Gasteiger partial charge in [-0.05, 0) is 39.8 Å². The summed E-state index contributed by atoms with van der Waals surface area (Å²) in [5.74, 6) is 1.18. The molecule has 5 nitrogen and oxygen atoms in total. The van der Waals surface area contributed by atoms with E-state index in [0.717, 1.165) is 11.4 Å². The van der Waals surface area contributed by atoms with E-state index in [2.05, 4.69) is 15.0 Å². The zero-order chi connectivity index (χ0) is 18.0. The number of aromatic nitrogens is 1. The third kappa shape index (κ3) is 5.84. The average molecular weight is 483 g/mol. The number of rotatable bonds is 2. The monoisotopic (exact) mass is 481 g/mol. The van der Waals surface area contributed by atoms with Gasteiger partial charge in [-0.15, -0.1) is 0 Å².